The highest BCUT2D eigenvalue weighted by atomic mass is 19.3. The van der Waals surface area contributed by atoms with Gasteiger partial charge in [-0.05, 0) is 37.3 Å². The first-order valence-corrected chi connectivity index (χ1v) is 9.72. The SMILES string of the molecule is Cc1cc(C(=O)N2CCN(c3cccc(OC(F)F)c3)CC2)n(-c2ccccc2)n1. The van der Waals surface area contributed by atoms with Gasteiger partial charge in [0.1, 0.15) is 11.4 Å². The molecule has 1 amide bonds. The van der Waals surface area contributed by atoms with Gasteiger partial charge < -0.3 is 14.5 Å². The molecule has 3 aromatic rings. The minimum Gasteiger partial charge on any atom is -0.435 e. The second-order valence-corrected chi connectivity index (χ2v) is 7.07. The summed E-state index contributed by atoms with van der Waals surface area (Å²) in [5.41, 5.74) is 2.94. The molecule has 0 unspecified atom stereocenters. The van der Waals surface area contributed by atoms with Gasteiger partial charge in [-0.15, -0.1) is 0 Å². The molecule has 0 saturated carbocycles. The molecular formula is C22H22F2N4O2. The van der Waals surface area contributed by atoms with Crippen LogP contribution in [0.1, 0.15) is 16.2 Å². The largest absolute Gasteiger partial charge is 0.435 e. The Bertz CT molecular complexity index is 1010. The van der Waals surface area contributed by atoms with Gasteiger partial charge in [0.05, 0.1) is 11.4 Å². The molecular weight excluding hydrogens is 390 g/mol. The van der Waals surface area contributed by atoms with Crippen molar-refractivity contribution in [1.82, 2.24) is 14.7 Å². The summed E-state index contributed by atoms with van der Waals surface area (Å²) in [6.45, 7) is 1.26. The van der Waals surface area contributed by atoms with E-state index < -0.39 is 6.61 Å². The first kappa shape index (κ1) is 19.9. The zero-order valence-electron chi connectivity index (χ0n) is 16.5. The van der Waals surface area contributed by atoms with Crippen molar-refractivity contribution in [2.45, 2.75) is 13.5 Å². The van der Waals surface area contributed by atoms with E-state index in [1.165, 1.54) is 6.07 Å². The zero-order chi connectivity index (χ0) is 21.1. The van der Waals surface area contributed by atoms with E-state index in [1.54, 1.807) is 27.8 Å². The lowest BCUT2D eigenvalue weighted by Gasteiger charge is -2.36. The zero-order valence-corrected chi connectivity index (χ0v) is 16.5. The Kier molecular flexibility index (Phi) is 5.65. The van der Waals surface area contributed by atoms with E-state index in [2.05, 4.69) is 14.7 Å². The number of hydrogen-bond donors (Lipinski definition) is 0. The van der Waals surface area contributed by atoms with Crippen LogP contribution in [0.25, 0.3) is 5.69 Å². The van der Waals surface area contributed by atoms with Crippen LogP contribution in [0, 0.1) is 6.92 Å². The number of amides is 1. The Labute approximate surface area is 173 Å². The summed E-state index contributed by atoms with van der Waals surface area (Å²) in [7, 11) is 0. The summed E-state index contributed by atoms with van der Waals surface area (Å²) in [6.07, 6.45) is 0. The molecule has 1 saturated heterocycles. The van der Waals surface area contributed by atoms with Crippen LogP contribution in [-0.2, 0) is 0 Å². The standard InChI is InChI=1S/C22H22F2N4O2/c1-16-14-20(28(25-16)17-6-3-2-4-7-17)21(29)27-12-10-26(11-13-27)18-8-5-9-19(15-18)30-22(23)24/h2-9,14-15,22H,10-13H2,1H3. The monoisotopic (exact) mass is 412 g/mol. The van der Waals surface area contributed by atoms with Crippen LogP contribution in [0.15, 0.2) is 60.7 Å². The van der Waals surface area contributed by atoms with Gasteiger partial charge in [0.15, 0.2) is 0 Å². The Balaban J connectivity index is 1.46. The van der Waals surface area contributed by atoms with Gasteiger partial charge in [0.25, 0.3) is 5.91 Å². The number of benzene rings is 2. The normalized spacial score (nSPS) is 14.3. The van der Waals surface area contributed by atoms with Crippen molar-refractivity contribution in [3.63, 3.8) is 0 Å². The number of hydrogen-bond acceptors (Lipinski definition) is 4. The lowest BCUT2D eigenvalue weighted by molar-refractivity contribution is -0.0498. The third-order valence-corrected chi connectivity index (χ3v) is 5.03. The third kappa shape index (κ3) is 4.27. The Hall–Kier alpha value is -3.42. The molecule has 0 bridgehead atoms. The number of aryl methyl sites for hydroxylation is 1. The number of ether oxygens (including phenoxy) is 1. The van der Waals surface area contributed by atoms with Crippen LogP contribution in [-0.4, -0.2) is 53.4 Å². The maximum absolute atomic E-state index is 13.2. The van der Waals surface area contributed by atoms with Crippen molar-refractivity contribution in [2.75, 3.05) is 31.1 Å². The molecule has 0 N–H and O–H groups in total. The number of piperazine rings is 1. The first-order chi connectivity index (χ1) is 14.5. The fourth-order valence-corrected chi connectivity index (χ4v) is 3.60. The second kappa shape index (κ2) is 8.52. The average Bonchev–Trinajstić information content (AvgIpc) is 3.15. The molecule has 0 aliphatic carbocycles. The highest BCUT2D eigenvalue weighted by molar-refractivity contribution is 5.93. The molecule has 0 spiro atoms. The van der Waals surface area contributed by atoms with E-state index in [1.807, 2.05) is 43.3 Å². The van der Waals surface area contributed by atoms with E-state index in [4.69, 9.17) is 0 Å². The van der Waals surface area contributed by atoms with Gasteiger partial charge in [-0.3, -0.25) is 4.79 Å². The van der Waals surface area contributed by atoms with Gasteiger partial charge in [0, 0.05) is 37.9 Å². The predicted octanol–water partition coefficient (Wildman–Crippen LogP) is 3.74. The number of aromatic nitrogens is 2. The number of carbonyl (C=O) groups is 1. The van der Waals surface area contributed by atoms with Crippen molar-refractivity contribution < 1.29 is 18.3 Å². The van der Waals surface area contributed by atoms with Gasteiger partial charge in [0.2, 0.25) is 0 Å². The average molecular weight is 412 g/mol. The van der Waals surface area contributed by atoms with Crippen LogP contribution >= 0.6 is 0 Å². The van der Waals surface area contributed by atoms with Crippen LogP contribution in [0.2, 0.25) is 0 Å². The molecule has 1 aliphatic heterocycles. The second-order valence-electron chi connectivity index (χ2n) is 7.07. The van der Waals surface area contributed by atoms with E-state index in [-0.39, 0.29) is 11.7 Å². The van der Waals surface area contributed by atoms with Gasteiger partial charge in [-0.1, -0.05) is 24.3 Å². The van der Waals surface area contributed by atoms with Gasteiger partial charge >= 0.3 is 6.61 Å². The highest BCUT2D eigenvalue weighted by Gasteiger charge is 2.26. The number of alkyl halides is 2. The van der Waals surface area contributed by atoms with Crippen LogP contribution < -0.4 is 9.64 Å². The molecule has 30 heavy (non-hydrogen) atoms. The number of rotatable bonds is 5. The summed E-state index contributed by atoms with van der Waals surface area (Å²) in [5, 5.41) is 4.48. The van der Waals surface area contributed by atoms with Crippen molar-refractivity contribution in [1.29, 1.82) is 0 Å². The summed E-state index contributed by atoms with van der Waals surface area (Å²) >= 11 is 0. The van der Waals surface area contributed by atoms with Crippen molar-refractivity contribution in [2.24, 2.45) is 0 Å². The summed E-state index contributed by atoms with van der Waals surface area (Å²) in [6, 6.07) is 18.0. The molecule has 0 radical (unpaired) electrons. The first-order valence-electron chi connectivity index (χ1n) is 9.72. The van der Waals surface area contributed by atoms with Crippen LogP contribution in [0.4, 0.5) is 14.5 Å². The minimum atomic E-state index is -2.85. The molecule has 1 aliphatic rings. The summed E-state index contributed by atoms with van der Waals surface area (Å²) in [5.74, 6) is 0.0529. The quantitative estimate of drug-likeness (QED) is 0.641. The summed E-state index contributed by atoms with van der Waals surface area (Å²) < 4.78 is 31.1. The van der Waals surface area contributed by atoms with Crippen LogP contribution in [0.5, 0.6) is 5.75 Å². The smallest absolute Gasteiger partial charge is 0.387 e. The molecule has 156 valence electrons. The molecule has 1 fully saturated rings. The van der Waals surface area contributed by atoms with Gasteiger partial charge in [-0.25, -0.2) is 4.68 Å². The summed E-state index contributed by atoms with van der Waals surface area (Å²) in [4.78, 5) is 17.0. The molecule has 4 rings (SSSR count). The van der Waals surface area contributed by atoms with Crippen molar-refractivity contribution in [3.05, 3.63) is 72.1 Å². The highest BCUT2D eigenvalue weighted by Crippen LogP contribution is 2.24. The topological polar surface area (TPSA) is 50.6 Å². The number of carbonyl (C=O) groups excluding carboxylic acids is 1. The fraction of sp³-hybridized carbons (Fsp3) is 0.273. The number of anilines is 1. The van der Waals surface area contributed by atoms with Gasteiger partial charge in [-0.2, -0.15) is 13.9 Å². The van der Waals surface area contributed by atoms with E-state index in [9.17, 15) is 13.6 Å². The molecule has 8 heteroatoms. The van der Waals surface area contributed by atoms with Crippen molar-refractivity contribution in [3.8, 4) is 11.4 Å². The minimum absolute atomic E-state index is 0.0751. The molecule has 6 nitrogen and oxygen atoms in total. The van der Waals surface area contributed by atoms with E-state index >= 15 is 0 Å². The lowest BCUT2D eigenvalue weighted by Crippen LogP contribution is -2.49. The maximum atomic E-state index is 13.2. The van der Waals surface area contributed by atoms with Crippen LogP contribution in [0.3, 0.4) is 0 Å². The fourth-order valence-electron chi connectivity index (χ4n) is 3.60. The third-order valence-electron chi connectivity index (χ3n) is 5.03. The molecule has 2 heterocycles. The van der Waals surface area contributed by atoms with Crippen molar-refractivity contribution >= 4 is 11.6 Å². The number of halogens is 2. The Morgan fingerprint density at radius 2 is 1.67 bits per heavy atom. The lowest BCUT2D eigenvalue weighted by atomic mass is 10.2. The molecule has 1 aromatic heterocycles. The maximum Gasteiger partial charge on any atom is 0.387 e. The number of para-hydroxylation sites is 1. The Morgan fingerprint density at radius 3 is 2.37 bits per heavy atom. The number of nitrogens with zero attached hydrogens (tertiary/aromatic N) is 4. The molecule has 0 atom stereocenters. The predicted molar refractivity (Wildman–Crippen MR) is 109 cm³/mol. The van der Waals surface area contributed by atoms with E-state index in [0.29, 0.717) is 31.9 Å². The Morgan fingerprint density at radius 1 is 0.967 bits per heavy atom. The molecule has 2 aromatic carbocycles. The van der Waals surface area contributed by atoms with E-state index in [0.717, 1.165) is 17.1 Å².